The van der Waals surface area contributed by atoms with Gasteiger partial charge in [0.2, 0.25) is 0 Å². The Hall–Kier alpha value is -1.33. The molecular weight excluding hydrogens is 329 g/mol. The van der Waals surface area contributed by atoms with Crippen LogP contribution in [-0.2, 0) is 6.54 Å². The van der Waals surface area contributed by atoms with E-state index in [9.17, 15) is 9.18 Å². The van der Waals surface area contributed by atoms with Crippen molar-refractivity contribution in [3.8, 4) is 0 Å². The molecule has 2 aliphatic rings. The summed E-state index contributed by atoms with van der Waals surface area (Å²) in [6.07, 6.45) is 4.05. The van der Waals surface area contributed by atoms with Gasteiger partial charge in [0.05, 0.1) is 6.54 Å². The average molecular weight is 354 g/mol. The van der Waals surface area contributed by atoms with Crippen LogP contribution in [0.1, 0.15) is 38.2 Å². The number of amides is 2. The lowest BCUT2D eigenvalue weighted by Crippen LogP contribution is -2.51. The van der Waals surface area contributed by atoms with E-state index in [4.69, 9.17) is 11.6 Å². The largest absolute Gasteiger partial charge is 0.334 e. The van der Waals surface area contributed by atoms with Crippen LogP contribution in [0.4, 0.5) is 9.18 Å². The van der Waals surface area contributed by atoms with Crippen LogP contribution < -0.4 is 5.32 Å². The van der Waals surface area contributed by atoms with Gasteiger partial charge in [-0.2, -0.15) is 0 Å². The van der Waals surface area contributed by atoms with E-state index in [-0.39, 0.29) is 30.5 Å². The molecule has 6 heteroatoms. The van der Waals surface area contributed by atoms with Crippen molar-refractivity contribution in [1.29, 1.82) is 0 Å². The molecule has 1 aromatic rings. The molecular formula is C18H25ClFN3O. The average Bonchev–Trinajstić information content (AvgIpc) is 3.39. The molecule has 1 aromatic carbocycles. The third-order valence-electron chi connectivity index (χ3n) is 4.92. The van der Waals surface area contributed by atoms with Crippen LogP contribution in [-0.4, -0.2) is 47.5 Å². The Morgan fingerprint density at radius 2 is 2.21 bits per heavy atom. The fourth-order valence-corrected chi connectivity index (χ4v) is 3.55. The quantitative estimate of drug-likeness (QED) is 0.877. The van der Waals surface area contributed by atoms with Crippen molar-refractivity contribution in [1.82, 2.24) is 15.1 Å². The molecule has 3 rings (SSSR count). The normalized spacial score (nSPS) is 21.5. The number of rotatable bonds is 5. The molecule has 0 radical (unpaired) electrons. The molecule has 1 aliphatic heterocycles. The first kappa shape index (κ1) is 17.5. The number of likely N-dealkylation sites (N-methyl/N-ethyl adjacent to an activating group) is 1. The maximum atomic E-state index is 14.1. The molecule has 132 valence electrons. The highest BCUT2D eigenvalue weighted by Crippen LogP contribution is 2.31. The van der Waals surface area contributed by atoms with E-state index in [1.807, 2.05) is 0 Å². The summed E-state index contributed by atoms with van der Waals surface area (Å²) >= 11 is 6.13. The van der Waals surface area contributed by atoms with Crippen molar-refractivity contribution in [2.24, 2.45) is 0 Å². The highest BCUT2D eigenvalue weighted by atomic mass is 35.5. The second-order valence-electron chi connectivity index (χ2n) is 6.74. The van der Waals surface area contributed by atoms with E-state index in [1.165, 1.54) is 6.07 Å². The molecule has 1 saturated carbocycles. The number of nitrogens with zero attached hydrogens (tertiary/aromatic N) is 2. The van der Waals surface area contributed by atoms with Crippen LogP contribution in [0.2, 0.25) is 5.02 Å². The van der Waals surface area contributed by atoms with Gasteiger partial charge in [-0.15, -0.1) is 0 Å². The molecule has 2 fully saturated rings. The molecule has 1 N–H and O–H groups in total. The van der Waals surface area contributed by atoms with Crippen molar-refractivity contribution in [2.75, 3.05) is 19.6 Å². The van der Waals surface area contributed by atoms with Gasteiger partial charge in [-0.05, 0) is 50.9 Å². The van der Waals surface area contributed by atoms with Crippen LogP contribution in [0, 0.1) is 5.82 Å². The molecule has 0 unspecified atom stereocenters. The Kier molecular flexibility index (Phi) is 5.61. The fourth-order valence-electron chi connectivity index (χ4n) is 3.32. The number of carbonyl (C=O) groups is 1. The maximum Gasteiger partial charge on any atom is 0.318 e. The van der Waals surface area contributed by atoms with E-state index in [0.717, 1.165) is 45.3 Å². The topological polar surface area (TPSA) is 35.6 Å². The van der Waals surface area contributed by atoms with Gasteiger partial charge in [-0.25, -0.2) is 9.18 Å². The predicted molar refractivity (Wildman–Crippen MR) is 93.6 cm³/mol. The van der Waals surface area contributed by atoms with Crippen LogP contribution in [0.5, 0.6) is 0 Å². The Labute approximate surface area is 147 Å². The molecule has 24 heavy (non-hydrogen) atoms. The summed E-state index contributed by atoms with van der Waals surface area (Å²) in [6.45, 7) is 5.36. The van der Waals surface area contributed by atoms with Gasteiger partial charge in [0.15, 0.2) is 0 Å². The first-order chi connectivity index (χ1) is 11.6. The molecule has 1 heterocycles. The summed E-state index contributed by atoms with van der Waals surface area (Å²) in [4.78, 5) is 16.8. The van der Waals surface area contributed by atoms with E-state index < -0.39 is 0 Å². The number of hydrogen-bond acceptors (Lipinski definition) is 2. The minimum Gasteiger partial charge on any atom is -0.334 e. The lowest BCUT2D eigenvalue weighted by atomic mass is 10.1. The summed E-state index contributed by atoms with van der Waals surface area (Å²) < 4.78 is 14.1. The molecule has 0 aromatic heterocycles. The van der Waals surface area contributed by atoms with Crippen molar-refractivity contribution >= 4 is 17.6 Å². The highest BCUT2D eigenvalue weighted by molar-refractivity contribution is 6.31. The van der Waals surface area contributed by atoms with E-state index >= 15 is 0 Å². The Morgan fingerprint density at radius 3 is 2.88 bits per heavy atom. The van der Waals surface area contributed by atoms with Crippen molar-refractivity contribution < 1.29 is 9.18 Å². The standard InChI is InChI=1S/C18H25ClFN3O/c1-2-22-10-4-5-13(11-22)21-18(24)23(14-8-9-14)12-15-16(19)6-3-7-17(15)20/h3,6-7,13-14H,2,4-5,8-12H2,1H3,(H,21,24)/t13-/m1/s1. The van der Waals surface area contributed by atoms with Gasteiger partial charge in [-0.1, -0.05) is 24.6 Å². The second-order valence-corrected chi connectivity index (χ2v) is 7.15. The number of hydrogen-bond donors (Lipinski definition) is 1. The minimum atomic E-state index is -0.351. The zero-order valence-corrected chi connectivity index (χ0v) is 14.9. The summed E-state index contributed by atoms with van der Waals surface area (Å²) in [7, 11) is 0. The minimum absolute atomic E-state index is 0.0974. The molecule has 4 nitrogen and oxygen atoms in total. The van der Waals surface area contributed by atoms with Crippen molar-refractivity contribution in [3.63, 3.8) is 0 Å². The van der Waals surface area contributed by atoms with Crippen LogP contribution in [0.25, 0.3) is 0 Å². The predicted octanol–water partition coefficient (Wildman–Crippen LogP) is 3.64. The van der Waals surface area contributed by atoms with Gasteiger partial charge in [0, 0.05) is 29.2 Å². The number of nitrogens with one attached hydrogen (secondary N) is 1. The summed E-state index contributed by atoms with van der Waals surface area (Å²) in [5, 5.41) is 3.52. The van der Waals surface area contributed by atoms with Crippen LogP contribution in [0.3, 0.4) is 0 Å². The Balaban J connectivity index is 1.66. The molecule has 1 atom stereocenters. The zero-order chi connectivity index (χ0) is 17.1. The Bertz CT molecular complexity index is 573. The molecule has 1 aliphatic carbocycles. The van der Waals surface area contributed by atoms with Crippen LogP contribution in [0.15, 0.2) is 18.2 Å². The van der Waals surface area contributed by atoms with E-state index in [2.05, 4.69) is 17.1 Å². The smallest absolute Gasteiger partial charge is 0.318 e. The zero-order valence-electron chi connectivity index (χ0n) is 14.1. The summed E-state index contributed by atoms with van der Waals surface area (Å²) in [5.74, 6) is -0.351. The molecule has 0 bridgehead atoms. The van der Waals surface area contributed by atoms with Crippen molar-refractivity contribution in [2.45, 2.75) is 51.2 Å². The number of carbonyl (C=O) groups excluding carboxylic acids is 1. The van der Waals surface area contributed by atoms with Gasteiger partial charge in [-0.3, -0.25) is 0 Å². The SMILES string of the molecule is CCN1CCC[C@@H](NC(=O)N(Cc2c(F)cccc2Cl)C2CC2)C1. The van der Waals surface area contributed by atoms with Crippen molar-refractivity contribution in [3.05, 3.63) is 34.6 Å². The first-order valence-electron chi connectivity index (χ1n) is 8.81. The monoisotopic (exact) mass is 353 g/mol. The second kappa shape index (κ2) is 7.70. The number of urea groups is 1. The number of piperidine rings is 1. The summed E-state index contributed by atoms with van der Waals surface area (Å²) in [5.41, 5.74) is 0.403. The van der Waals surface area contributed by atoms with Gasteiger partial charge in [0.25, 0.3) is 0 Å². The number of benzene rings is 1. The molecule has 2 amide bonds. The fraction of sp³-hybridized carbons (Fsp3) is 0.611. The third kappa shape index (κ3) is 4.19. The lowest BCUT2D eigenvalue weighted by Gasteiger charge is -2.34. The lowest BCUT2D eigenvalue weighted by molar-refractivity contribution is 0.166. The van der Waals surface area contributed by atoms with E-state index in [0.29, 0.717) is 10.6 Å². The van der Waals surface area contributed by atoms with Gasteiger partial charge < -0.3 is 15.1 Å². The Morgan fingerprint density at radius 1 is 1.42 bits per heavy atom. The summed E-state index contributed by atoms with van der Waals surface area (Å²) in [6, 6.07) is 4.92. The van der Waals surface area contributed by atoms with E-state index in [1.54, 1.807) is 17.0 Å². The molecule has 1 saturated heterocycles. The van der Waals surface area contributed by atoms with Crippen LogP contribution >= 0.6 is 11.6 Å². The number of halogens is 2. The number of likely N-dealkylation sites (tertiary alicyclic amines) is 1. The third-order valence-corrected chi connectivity index (χ3v) is 5.27. The van der Waals surface area contributed by atoms with Gasteiger partial charge >= 0.3 is 6.03 Å². The maximum absolute atomic E-state index is 14.1. The first-order valence-corrected chi connectivity index (χ1v) is 9.18. The van der Waals surface area contributed by atoms with Gasteiger partial charge in [0.1, 0.15) is 5.82 Å². The highest BCUT2D eigenvalue weighted by Gasteiger charge is 2.34. The molecule has 0 spiro atoms.